The maximum atomic E-state index is 12.4. The molecule has 1 heterocycles. The molecule has 2 N–H and O–H groups in total. The summed E-state index contributed by atoms with van der Waals surface area (Å²) < 4.78 is 0. The Morgan fingerprint density at radius 1 is 1.04 bits per heavy atom. The molecule has 1 amide bonds. The van der Waals surface area contributed by atoms with Crippen LogP contribution in [0.25, 0.3) is 0 Å². The second-order valence-corrected chi connectivity index (χ2v) is 6.25. The molecule has 3 aromatic rings. The van der Waals surface area contributed by atoms with Crippen molar-refractivity contribution in [1.82, 2.24) is 4.98 Å². The molecule has 132 valence electrons. The van der Waals surface area contributed by atoms with E-state index < -0.39 is 0 Å². The predicted octanol–water partition coefficient (Wildman–Crippen LogP) is 5.16. The molecule has 0 aliphatic rings. The molecule has 0 aliphatic heterocycles. The molecule has 0 atom stereocenters. The molecule has 0 fully saturated rings. The van der Waals surface area contributed by atoms with E-state index in [-0.39, 0.29) is 5.91 Å². The topological polar surface area (TPSA) is 54.0 Å². The summed E-state index contributed by atoms with van der Waals surface area (Å²) in [5.41, 5.74) is 4.00. The van der Waals surface area contributed by atoms with Crippen LogP contribution in [-0.2, 0) is 13.0 Å². The van der Waals surface area contributed by atoms with Crippen LogP contribution in [0.3, 0.4) is 0 Å². The van der Waals surface area contributed by atoms with Crippen LogP contribution in [0.1, 0.15) is 28.4 Å². The maximum absolute atomic E-state index is 12.4. The number of hydrogen-bond acceptors (Lipinski definition) is 3. The number of aryl methyl sites for hydroxylation is 1. The van der Waals surface area contributed by atoms with E-state index in [4.69, 9.17) is 11.6 Å². The van der Waals surface area contributed by atoms with Crippen molar-refractivity contribution in [2.75, 3.05) is 10.6 Å². The highest BCUT2D eigenvalue weighted by Crippen LogP contribution is 2.17. The molecule has 0 saturated carbocycles. The van der Waals surface area contributed by atoms with E-state index in [1.54, 1.807) is 24.3 Å². The molecule has 26 heavy (non-hydrogen) atoms. The number of benzene rings is 2. The molecule has 0 bridgehead atoms. The average Bonchev–Trinajstić information content (AvgIpc) is 2.67. The van der Waals surface area contributed by atoms with Gasteiger partial charge in [-0.05, 0) is 47.9 Å². The van der Waals surface area contributed by atoms with Gasteiger partial charge in [-0.25, -0.2) is 4.98 Å². The summed E-state index contributed by atoms with van der Waals surface area (Å²) in [6.07, 6.45) is 0.970. The summed E-state index contributed by atoms with van der Waals surface area (Å²) in [6, 6.07) is 20.9. The largest absolute Gasteiger partial charge is 0.381 e. The summed E-state index contributed by atoms with van der Waals surface area (Å²) in [4.78, 5) is 16.5. The minimum atomic E-state index is -0.212. The van der Waals surface area contributed by atoms with Crippen molar-refractivity contribution in [3.8, 4) is 0 Å². The zero-order valence-electron chi connectivity index (χ0n) is 14.5. The average molecular weight is 366 g/mol. The molecular formula is C21H20ClN3O. The number of rotatable bonds is 6. The Bertz CT molecular complexity index is 911. The van der Waals surface area contributed by atoms with Crippen LogP contribution in [0.2, 0.25) is 5.15 Å². The quantitative estimate of drug-likeness (QED) is 0.593. The highest BCUT2D eigenvalue weighted by atomic mass is 35.5. The molecule has 0 aliphatic carbocycles. The van der Waals surface area contributed by atoms with Crippen LogP contribution in [0.15, 0.2) is 66.7 Å². The Kier molecular flexibility index (Phi) is 5.87. The van der Waals surface area contributed by atoms with Gasteiger partial charge in [0.05, 0.1) is 0 Å². The number of halogens is 1. The minimum Gasteiger partial charge on any atom is -0.381 e. The molecule has 3 rings (SSSR count). The molecule has 5 heteroatoms. The first-order valence-corrected chi connectivity index (χ1v) is 8.88. The molecule has 4 nitrogen and oxygen atoms in total. The maximum Gasteiger partial charge on any atom is 0.256 e. The first-order valence-electron chi connectivity index (χ1n) is 8.50. The van der Waals surface area contributed by atoms with Crippen LogP contribution in [0, 0.1) is 0 Å². The number of nitrogens with one attached hydrogen (secondary N) is 2. The fourth-order valence-corrected chi connectivity index (χ4v) is 2.85. The molecule has 0 spiro atoms. The van der Waals surface area contributed by atoms with Crippen molar-refractivity contribution in [2.24, 2.45) is 0 Å². The standard InChI is InChI=1S/C21H20ClN3O/c1-2-16-8-3-4-10-18(16)23-14-15-7-5-9-17(13-15)21(26)25-20-12-6-11-19(22)24-20/h3-13,23H,2,14H2,1H3,(H,24,25,26). The Balaban J connectivity index is 1.68. The number of aromatic nitrogens is 1. The Hall–Kier alpha value is -2.85. The fourth-order valence-electron chi connectivity index (χ4n) is 2.69. The van der Waals surface area contributed by atoms with E-state index in [2.05, 4.69) is 34.7 Å². The second kappa shape index (κ2) is 8.50. The predicted molar refractivity (Wildman–Crippen MR) is 107 cm³/mol. The van der Waals surface area contributed by atoms with Crippen molar-refractivity contribution in [3.05, 3.63) is 88.6 Å². The molecule has 2 aromatic carbocycles. The monoisotopic (exact) mass is 365 g/mol. The molecule has 1 aromatic heterocycles. The van der Waals surface area contributed by atoms with E-state index in [1.165, 1.54) is 5.56 Å². The van der Waals surface area contributed by atoms with Crippen LogP contribution in [-0.4, -0.2) is 10.9 Å². The number of carbonyl (C=O) groups is 1. The van der Waals surface area contributed by atoms with Gasteiger partial charge in [-0.1, -0.05) is 54.9 Å². The van der Waals surface area contributed by atoms with Gasteiger partial charge >= 0.3 is 0 Å². The zero-order chi connectivity index (χ0) is 18.4. The number of para-hydroxylation sites is 1. The smallest absolute Gasteiger partial charge is 0.256 e. The highest BCUT2D eigenvalue weighted by Gasteiger charge is 2.08. The number of nitrogens with zero attached hydrogens (tertiary/aromatic N) is 1. The van der Waals surface area contributed by atoms with Gasteiger partial charge < -0.3 is 10.6 Å². The molecule has 0 saturated heterocycles. The normalized spacial score (nSPS) is 10.4. The number of amides is 1. The Morgan fingerprint density at radius 2 is 1.85 bits per heavy atom. The summed E-state index contributed by atoms with van der Waals surface area (Å²) in [5.74, 6) is 0.221. The summed E-state index contributed by atoms with van der Waals surface area (Å²) in [5, 5.41) is 6.55. The molecule has 0 unspecified atom stereocenters. The van der Waals surface area contributed by atoms with E-state index in [9.17, 15) is 4.79 Å². The van der Waals surface area contributed by atoms with Crippen LogP contribution in [0.4, 0.5) is 11.5 Å². The van der Waals surface area contributed by atoms with Crippen LogP contribution in [0.5, 0.6) is 0 Å². The summed E-state index contributed by atoms with van der Waals surface area (Å²) >= 11 is 5.85. The Morgan fingerprint density at radius 3 is 2.65 bits per heavy atom. The van der Waals surface area contributed by atoms with Crippen molar-refractivity contribution >= 4 is 29.0 Å². The highest BCUT2D eigenvalue weighted by molar-refractivity contribution is 6.29. The van der Waals surface area contributed by atoms with Crippen molar-refractivity contribution in [2.45, 2.75) is 19.9 Å². The third-order valence-corrected chi connectivity index (χ3v) is 4.24. The fraction of sp³-hybridized carbons (Fsp3) is 0.143. The first kappa shape index (κ1) is 18.0. The van der Waals surface area contributed by atoms with Gasteiger partial charge in [0.2, 0.25) is 0 Å². The van der Waals surface area contributed by atoms with Gasteiger partial charge in [0.1, 0.15) is 11.0 Å². The van der Waals surface area contributed by atoms with E-state index in [1.807, 2.05) is 30.3 Å². The number of hydrogen-bond donors (Lipinski definition) is 2. The number of pyridine rings is 1. The SMILES string of the molecule is CCc1ccccc1NCc1cccc(C(=O)Nc2cccc(Cl)n2)c1. The lowest BCUT2D eigenvalue weighted by molar-refractivity contribution is 0.102. The Labute approximate surface area is 158 Å². The number of anilines is 2. The van der Waals surface area contributed by atoms with E-state index in [0.29, 0.717) is 23.1 Å². The van der Waals surface area contributed by atoms with Gasteiger partial charge in [-0.3, -0.25) is 4.79 Å². The summed E-state index contributed by atoms with van der Waals surface area (Å²) in [7, 11) is 0. The number of carbonyl (C=O) groups excluding carboxylic acids is 1. The second-order valence-electron chi connectivity index (χ2n) is 5.86. The minimum absolute atomic E-state index is 0.212. The lowest BCUT2D eigenvalue weighted by Gasteiger charge is -2.11. The van der Waals surface area contributed by atoms with E-state index in [0.717, 1.165) is 17.7 Å². The van der Waals surface area contributed by atoms with E-state index >= 15 is 0 Å². The van der Waals surface area contributed by atoms with Gasteiger partial charge in [0, 0.05) is 17.8 Å². The summed E-state index contributed by atoms with van der Waals surface area (Å²) in [6.45, 7) is 2.78. The van der Waals surface area contributed by atoms with Gasteiger partial charge in [-0.15, -0.1) is 0 Å². The zero-order valence-corrected chi connectivity index (χ0v) is 15.3. The van der Waals surface area contributed by atoms with Crippen molar-refractivity contribution < 1.29 is 4.79 Å². The van der Waals surface area contributed by atoms with Crippen molar-refractivity contribution in [3.63, 3.8) is 0 Å². The lowest BCUT2D eigenvalue weighted by atomic mass is 10.1. The van der Waals surface area contributed by atoms with Gasteiger partial charge in [0.15, 0.2) is 0 Å². The molecule has 0 radical (unpaired) electrons. The third kappa shape index (κ3) is 4.61. The third-order valence-electron chi connectivity index (χ3n) is 4.03. The van der Waals surface area contributed by atoms with Gasteiger partial charge in [0.25, 0.3) is 5.91 Å². The van der Waals surface area contributed by atoms with Crippen LogP contribution >= 0.6 is 11.6 Å². The van der Waals surface area contributed by atoms with Crippen LogP contribution < -0.4 is 10.6 Å². The van der Waals surface area contributed by atoms with Crippen molar-refractivity contribution in [1.29, 1.82) is 0 Å². The first-order chi connectivity index (χ1) is 12.7. The lowest BCUT2D eigenvalue weighted by Crippen LogP contribution is -2.13. The molecular weight excluding hydrogens is 346 g/mol. The van der Waals surface area contributed by atoms with Gasteiger partial charge in [-0.2, -0.15) is 0 Å².